The van der Waals surface area contributed by atoms with Gasteiger partial charge in [-0.3, -0.25) is 14.8 Å². The van der Waals surface area contributed by atoms with E-state index in [2.05, 4.69) is 22.1 Å². The zero-order chi connectivity index (χ0) is 16.0. The molecule has 1 atom stereocenters. The monoisotopic (exact) mass is 318 g/mol. The predicted molar refractivity (Wildman–Crippen MR) is 86.5 cm³/mol. The van der Waals surface area contributed by atoms with Crippen molar-refractivity contribution in [2.45, 2.75) is 37.6 Å². The molecule has 1 spiro atoms. The summed E-state index contributed by atoms with van der Waals surface area (Å²) in [5.41, 5.74) is 3.14. The number of nitrogens with one attached hydrogen (secondary N) is 1. The lowest BCUT2D eigenvalue weighted by atomic mass is 9.75. The summed E-state index contributed by atoms with van der Waals surface area (Å²) in [4.78, 5) is 17.2. The first-order chi connectivity index (χ1) is 11.1. The number of fused-ring (bicyclic) bond motifs is 1. The Labute approximate surface area is 137 Å². The SMILES string of the molecule is COC[C@H]1CCN(C)C2(C1)CN(C(=O)c1n[nH]c3c1CCC3)C2. The van der Waals surface area contributed by atoms with Gasteiger partial charge in [0.15, 0.2) is 5.69 Å². The van der Waals surface area contributed by atoms with Crippen LogP contribution in [0.2, 0.25) is 0 Å². The Morgan fingerprint density at radius 1 is 1.43 bits per heavy atom. The number of amides is 1. The van der Waals surface area contributed by atoms with Crippen molar-refractivity contribution >= 4 is 5.91 Å². The molecular formula is C17H26N4O2. The Bertz CT molecular complexity index is 606. The van der Waals surface area contributed by atoms with E-state index in [4.69, 9.17) is 4.74 Å². The molecular weight excluding hydrogens is 292 g/mol. The highest BCUT2D eigenvalue weighted by molar-refractivity contribution is 5.95. The normalized spacial score (nSPS) is 26.3. The van der Waals surface area contributed by atoms with Crippen LogP contribution in [0.1, 0.15) is 41.0 Å². The third kappa shape index (κ3) is 2.39. The summed E-state index contributed by atoms with van der Waals surface area (Å²) in [6, 6.07) is 0. The van der Waals surface area contributed by atoms with Crippen molar-refractivity contribution in [2.75, 3.05) is 40.4 Å². The minimum atomic E-state index is 0.109. The maximum Gasteiger partial charge on any atom is 0.274 e. The zero-order valence-electron chi connectivity index (χ0n) is 14.1. The number of piperidine rings is 1. The molecule has 0 unspecified atom stereocenters. The van der Waals surface area contributed by atoms with Gasteiger partial charge in [-0.1, -0.05) is 0 Å². The van der Waals surface area contributed by atoms with E-state index in [1.54, 1.807) is 7.11 Å². The van der Waals surface area contributed by atoms with E-state index < -0.39 is 0 Å². The lowest BCUT2D eigenvalue weighted by molar-refractivity contribution is -0.0732. The molecule has 1 aromatic rings. The van der Waals surface area contributed by atoms with Gasteiger partial charge >= 0.3 is 0 Å². The number of methoxy groups -OCH3 is 1. The quantitative estimate of drug-likeness (QED) is 0.906. The summed E-state index contributed by atoms with van der Waals surface area (Å²) in [6.07, 6.45) is 5.46. The molecule has 1 N–H and O–H groups in total. The molecule has 3 heterocycles. The molecule has 0 radical (unpaired) electrons. The number of H-pyrrole nitrogens is 1. The lowest BCUT2D eigenvalue weighted by Gasteiger charge is -2.58. The van der Waals surface area contributed by atoms with Gasteiger partial charge in [0.05, 0.1) is 5.54 Å². The Kier molecular flexibility index (Phi) is 3.69. The van der Waals surface area contributed by atoms with E-state index in [1.165, 1.54) is 12.1 Å². The van der Waals surface area contributed by atoms with Gasteiger partial charge in [-0.05, 0) is 51.6 Å². The largest absolute Gasteiger partial charge is 0.384 e. The third-order valence-corrected chi connectivity index (χ3v) is 6.02. The minimum absolute atomic E-state index is 0.109. The lowest BCUT2D eigenvalue weighted by Crippen LogP contribution is -2.72. The van der Waals surface area contributed by atoms with Gasteiger partial charge in [-0.15, -0.1) is 0 Å². The van der Waals surface area contributed by atoms with Crippen LogP contribution in [0.25, 0.3) is 0 Å². The van der Waals surface area contributed by atoms with Gasteiger partial charge in [0, 0.05) is 38.1 Å². The van der Waals surface area contributed by atoms with Crippen LogP contribution in [0, 0.1) is 5.92 Å². The van der Waals surface area contributed by atoms with Crippen molar-refractivity contribution in [3.05, 3.63) is 17.0 Å². The highest BCUT2D eigenvalue weighted by Gasteiger charge is 2.51. The second-order valence-corrected chi connectivity index (χ2v) is 7.50. The summed E-state index contributed by atoms with van der Waals surface area (Å²) in [5, 5.41) is 7.34. The molecule has 6 heteroatoms. The van der Waals surface area contributed by atoms with Crippen molar-refractivity contribution in [3.63, 3.8) is 0 Å². The number of aromatic nitrogens is 2. The van der Waals surface area contributed by atoms with Gasteiger partial charge in [-0.2, -0.15) is 5.10 Å². The van der Waals surface area contributed by atoms with Crippen LogP contribution in [0.15, 0.2) is 0 Å². The highest BCUT2D eigenvalue weighted by Crippen LogP contribution is 2.39. The van der Waals surface area contributed by atoms with Gasteiger partial charge in [0.2, 0.25) is 0 Å². The maximum atomic E-state index is 12.8. The third-order valence-electron chi connectivity index (χ3n) is 6.02. The number of likely N-dealkylation sites (N-methyl/N-ethyl adjacent to an activating group) is 1. The van der Waals surface area contributed by atoms with Gasteiger partial charge in [0.25, 0.3) is 5.91 Å². The van der Waals surface area contributed by atoms with E-state index in [0.717, 1.165) is 57.5 Å². The molecule has 0 saturated carbocycles. The van der Waals surface area contributed by atoms with E-state index in [1.807, 2.05) is 4.90 Å². The zero-order valence-corrected chi connectivity index (χ0v) is 14.1. The predicted octanol–water partition coefficient (Wildman–Crippen LogP) is 1.08. The Balaban J connectivity index is 1.44. The number of carbonyl (C=O) groups is 1. The van der Waals surface area contributed by atoms with Crippen molar-refractivity contribution in [2.24, 2.45) is 5.92 Å². The highest BCUT2D eigenvalue weighted by atomic mass is 16.5. The van der Waals surface area contributed by atoms with Crippen LogP contribution in [-0.2, 0) is 17.6 Å². The fourth-order valence-electron chi connectivity index (χ4n) is 4.61. The molecule has 23 heavy (non-hydrogen) atoms. The second-order valence-electron chi connectivity index (χ2n) is 7.50. The molecule has 2 fully saturated rings. The molecule has 0 aromatic carbocycles. The molecule has 6 nitrogen and oxygen atoms in total. The summed E-state index contributed by atoms with van der Waals surface area (Å²) in [5.74, 6) is 0.723. The van der Waals surface area contributed by atoms with Crippen molar-refractivity contribution in [3.8, 4) is 0 Å². The van der Waals surface area contributed by atoms with Gasteiger partial charge in [-0.25, -0.2) is 0 Å². The number of likely N-dealkylation sites (tertiary alicyclic amines) is 2. The average Bonchev–Trinajstić information content (AvgIpc) is 3.09. The Morgan fingerprint density at radius 2 is 2.26 bits per heavy atom. The summed E-state index contributed by atoms with van der Waals surface area (Å²) >= 11 is 0. The molecule has 2 saturated heterocycles. The van der Waals surface area contributed by atoms with E-state index in [-0.39, 0.29) is 11.4 Å². The first-order valence-corrected chi connectivity index (χ1v) is 8.68. The second kappa shape index (κ2) is 5.60. The topological polar surface area (TPSA) is 61.5 Å². The van der Waals surface area contributed by atoms with Crippen LogP contribution < -0.4 is 0 Å². The maximum absolute atomic E-state index is 12.8. The summed E-state index contributed by atoms with van der Waals surface area (Å²) < 4.78 is 5.35. The first kappa shape index (κ1) is 15.1. The molecule has 1 amide bonds. The van der Waals surface area contributed by atoms with Crippen molar-refractivity contribution in [1.82, 2.24) is 20.0 Å². The molecule has 0 bridgehead atoms. The molecule has 126 valence electrons. The minimum Gasteiger partial charge on any atom is -0.384 e. The fraction of sp³-hybridized carbons (Fsp3) is 0.765. The molecule has 3 aliphatic rings. The van der Waals surface area contributed by atoms with E-state index in [9.17, 15) is 4.79 Å². The van der Waals surface area contributed by atoms with Crippen LogP contribution in [-0.4, -0.2) is 71.8 Å². The van der Waals surface area contributed by atoms with E-state index >= 15 is 0 Å². The number of carbonyl (C=O) groups excluding carboxylic acids is 1. The Morgan fingerprint density at radius 3 is 3.04 bits per heavy atom. The number of aryl methyl sites for hydroxylation is 1. The molecule has 1 aliphatic carbocycles. The number of nitrogens with zero attached hydrogens (tertiary/aromatic N) is 3. The van der Waals surface area contributed by atoms with Crippen molar-refractivity contribution < 1.29 is 9.53 Å². The van der Waals surface area contributed by atoms with Gasteiger partial charge < -0.3 is 9.64 Å². The molecule has 1 aromatic heterocycles. The first-order valence-electron chi connectivity index (χ1n) is 8.68. The van der Waals surface area contributed by atoms with Crippen LogP contribution in [0.4, 0.5) is 0 Å². The number of hydrogen-bond donors (Lipinski definition) is 1. The smallest absolute Gasteiger partial charge is 0.274 e. The number of rotatable bonds is 3. The standard InChI is InChI=1S/C17H26N4O2/c1-20-7-6-12(9-23-2)8-17(20)10-21(11-17)16(22)15-13-4-3-5-14(13)18-19-15/h12H,3-11H2,1-2H3,(H,18,19)/t12-/m0/s1. The number of aromatic amines is 1. The van der Waals surface area contributed by atoms with Crippen LogP contribution in [0.3, 0.4) is 0 Å². The van der Waals surface area contributed by atoms with Crippen molar-refractivity contribution in [1.29, 1.82) is 0 Å². The number of hydrogen-bond acceptors (Lipinski definition) is 4. The number of ether oxygens (including phenoxy) is 1. The van der Waals surface area contributed by atoms with Crippen LogP contribution in [0.5, 0.6) is 0 Å². The summed E-state index contributed by atoms with van der Waals surface area (Å²) in [7, 11) is 3.97. The molecule has 2 aliphatic heterocycles. The van der Waals surface area contributed by atoms with Crippen LogP contribution >= 0.6 is 0 Å². The Hall–Kier alpha value is -1.40. The summed E-state index contributed by atoms with van der Waals surface area (Å²) in [6.45, 7) is 3.57. The van der Waals surface area contributed by atoms with E-state index in [0.29, 0.717) is 11.6 Å². The average molecular weight is 318 g/mol. The molecule has 4 rings (SSSR count). The fourth-order valence-corrected chi connectivity index (χ4v) is 4.61. The van der Waals surface area contributed by atoms with Gasteiger partial charge in [0.1, 0.15) is 0 Å².